The van der Waals surface area contributed by atoms with Crippen molar-refractivity contribution in [3.63, 3.8) is 0 Å². The first-order valence-corrected chi connectivity index (χ1v) is 7.54. The standard InChI is InChI=1S/C13H12ClNO3S/c1-10-6-2-3-7-11(10)13(14)19(17,18)12-8-4-5-9-15(12)16/h2-9,13H,1H3. The van der Waals surface area contributed by atoms with E-state index in [1.165, 1.54) is 18.2 Å². The Morgan fingerprint density at radius 1 is 1.16 bits per heavy atom. The Labute approximate surface area is 116 Å². The summed E-state index contributed by atoms with van der Waals surface area (Å²) in [5.41, 5.74) is 1.24. The van der Waals surface area contributed by atoms with Crippen LogP contribution >= 0.6 is 11.6 Å². The van der Waals surface area contributed by atoms with Crippen LogP contribution < -0.4 is 4.73 Å². The molecule has 0 radical (unpaired) electrons. The van der Waals surface area contributed by atoms with Gasteiger partial charge in [-0.1, -0.05) is 35.9 Å². The van der Waals surface area contributed by atoms with Gasteiger partial charge in [0.15, 0.2) is 10.9 Å². The van der Waals surface area contributed by atoms with Gasteiger partial charge in [0.25, 0.3) is 9.84 Å². The summed E-state index contributed by atoms with van der Waals surface area (Å²) in [6.07, 6.45) is 1.13. The van der Waals surface area contributed by atoms with Gasteiger partial charge in [-0.25, -0.2) is 8.42 Å². The zero-order chi connectivity index (χ0) is 14.0. The summed E-state index contributed by atoms with van der Waals surface area (Å²) in [7, 11) is -3.93. The van der Waals surface area contributed by atoms with Gasteiger partial charge in [-0.05, 0) is 24.1 Å². The third-order valence-electron chi connectivity index (χ3n) is 2.79. The van der Waals surface area contributed by atoms with Crippen molar-refractivity contribution in [1.82, 2.24) is 0 Å². The Morgan fingerprint density at radius 3 is 2.42 bits per heavy atom. The lowest BCUT2D eigenvalue weighted by molar-refractivity contribution is -0.646. The molecule has 1 atom stereocenters. The second-order valence-corrected chi connectivity index (χ2v) is 6.76. The first-order chi connectivity index (χ1) is 8.94. The molecular weight excluding hydrogens is 286 g/mol. The number of sulfone groups is 1. The minimum atomic E-state index is -3.93. The molecule has 2 rings (SSSR count). The molecule has 0 N–H and O–H groups in total. The predicted octanol–water partition coefficient (Wildman–Crippen LogP) is 2.34. The lowest BCUT2D eigenvalue weighted by Gasteiger charge is -2.13. The largest absolute Gasteiger partial charge is 0.618 e. The molecule has 0 spiro atoms. The number of alkyl halides is 1. The molecule has 0 saturated heterocycles. The van der Waals surface area contributed by atoms with Crippen molar-refractivity contribution in [2.45, 2.75) is 16.7 Å². The van der Waals surface area contributed by atoms with Gasteiger partial charge in [0.05, 0.1) is 0 Å². The third kappa shape index (κ3) is 2.57. The maximum absolute atomic E-state index is 12.4. The molecule has 100 valence electrons. The molecular formula is C13H12ClNO3S. The number of halogens is 1. The van der Waals surface area contributed by atoms with Gasteiger partial charge in [-0.2, -0.15) is 4.73 Å². The second-order valence-electron chi connectivity index (χ2n) is 4.08. The number of aromatic nitrogens is 1. The van der Waals surface area contributed by atoms with E-state index in [9.17, 15) is 13.6 Å². The molecule has 0 fully saturated rings. The van der Waals surface area contributed by atoms with Crippen molar-refractivity contribution in [3.8, 4) is 0 Å². The summed E-state index contributed by atoms with van der Waals surface area (Å²) in [5, 5.41) is 11.2. The van der Waals surface area contributed by atoms with Gasteiger partial charge in [0.2, 0.25) is 0 Å². The highest BCUT2D eigenvalue weighted by Crippen LogP contribution is 2.32. The van der Waals surface area contributed by atoms with Gasteiger partial charge in [-0.15, -0.1) is 0 Å². The topological polar surface area (TPSA) is 61.1 Å². The summed E-state index contributed by atoms with van der Waals surface area (Å²) in [5.74, 6) is 0. The van der Waals surface area contributed by atoms with Crippen LogP contribution in [0.15, 0.2) is 53.7 Å². The van der Waals surface area contributed by atoms with Gasteiger partial charge in [0.1, 0.15) is 0 Å². The lowest BCUT2D eigenvalue weighted by Crippen LogP contribution is -2.34. The van der Waals surface area contributed by atoms with Crippen LogP contribution in [0.1, 0.15) is 15.8 Å². The zero-order valence-electron chi connectivity index (χ0n) is 10.2. The van der Waals surface area contributed by atoms with Crippen molar-refractivity contribution in [2.24, 2.45) is 0 Å². The van der Waals surface area contributed by atoms with Crippen molar-refractivity contribution in [2.75, 3.05) is 0 Å². The number of nitrogens with zero attached hydrogens (tertiary/aromatic N) is 1. The molecule has 1 unspecified atom stereocenters. The van der Waals surface area contributed by atoms with Crippen LogP contribution in [0.2, 0.25) is 0 Å². The number of pyridine rings is 1. The molecule has 19 heavy (non-hydrogen) atoms. The van der Waals surface area contributed by atoms with Crippen LogP contribution in [0.4, 0.5) is 0 Å². The highest BCUT2D eigenvalue weighted by molar-refractivity contribution is 7.92. The van der Waals surface area contributed by atoms with E-state index in [2.05, 4.69) is 0 Å². The first kappa shape index (κ1) is 13.8. The normalized spacial score (nSPS) is 13.2. The van der Waals surface area contributed by atoms with E-state index < -0.39 is 14.5 Å². The molecule has 1 heterocycles. The van der Waals surface area contributed by atoms with Crippen LogP contribution in [0.25, 0.3) is 0 Å². The second kappa shape index (κ2) is 5.19. The Hall–Kier alpha value is -1.59. The summed E-state index contributed by atoms with van der Waals surface area (Å²) < 4.78 is 23.7. The van der Waals surface area contributed by atoms with Crippen LogP contribution in [0.5, 0.6) is 0 Å². The lowest BCUT2D eigenvalue weighted by atomic mass is 10.1. The molecule has 1 aromatic heterocycles. The Morgan fingerprint density at radius 2 is 1.79 bits per heavy atom. The Kier molecular flexibility index (Phi) is 3.78. The van der Waals surface area contributed by atoms with Gasteiger partial charge in [-0.3, -0.25) is 0 Å². The molecule has 1 aromatic carbocycles. The Balaban J connectivity index is 2.52. The zero-order valence-corrected chi connectivity index (χ0v) is 11.7. The quantitative estimate of drug-likeness (QED) is 0.496. The van der Waals surface area contributed by atoms with E-state index >= 15 is 0 Å². The van der Waals surface area contributed by atoms with Crippen molar-refractivity contribution in [1.29, 1.82) is 0 Å². The Bertz CT molecular complexity index is 701. The average Bonchev–Trinajstić information content (AvgIpc) is 2.39. The molecule has 0 amide bonds. The number of hydrogen-bond donors (Lipinski definition) is 0. The number of hydrogen-bond acceptors (Lipinski definition) is 3. The predicted molar refractivity (Wildman–Crippen MR) is 72.4 cm³/mol. The summed E-state index contributed by atoms with van der Waals surface area (Å²) in [4.78, 5) is 0. The summed E-state index contributed by atoms with van der Waals surface area (Å²) >= 11 is 6.07. The van der Waals surface area contributed by atoms with Crippen molar-refractivity contribution >= 4 is 21.4 Å². The smallest absolute Gasteiger partial charge is 0.310 e. The van der Waals surface area contributed by atoms with Crippen LogP contribution in [-0.2, 0) is 9.84 Å². The fourth-order valence-corrected chi connectivity index (χ4v) is 3.66. The molecule has 0 saturated carbocycles. The van der Waals surface area contributed by atoms with Gasteiger partial charge in [0, 0.05) is 12.1 Å². The van der Waals surface area contributed by atoms with Crippen molar-refractivity contribution < 1.29 is 13.1 Å². The molecule has 0 bridgehead atoms. The highest BCUT2D eigenvalue weighted by atomic mass is 35.5. The fraction of sp³-hybridized carbons (Fsp3) is 0.154. The summed E-state index contributed by atoms with van der Waals surface area (Å²) in [6.45, 7) is 1.77. The molecule has 0 aliphatic heterocycles. The minimum Gasteiger partial charge on any atom is -0.618 e. The molecule has 0 aliphatic carbocycles. The molecule has 6 heteroatoms. The highest BCUT2D eigenvalue weighted by Gasteiger charge is 2.34. The van der Waals surface area contributed by atoms with Gasteiger partial charge < -0.3 is 5.21 Å². The van der Waals surface area contributed by atoms with Crippen LogP contribution in [0, 0.1) is 12.1 Å². The van der Waals surface area contributed by atoms with Gasteiger partial charge >= 0.3 is 5.03 Å². The molecule has 2 aromatic rings. The molecule has 0 aliphatic rings. The van der Waals surface area contributed by atoms with Crippen LogP contribution in [-0.4, -0.2) is 8.42 Å². The van der Waals surface area contributed by atoms with E-state index in [0.717, 1.165) is 11.8 Å². The first-order valence-electron chi connectivity index (χ1n) is 5.56. The number of rotatable bonds is 3. The number of benzene rings is 1. The monoisotopic (exact) mass is 297 g/mol. The average molecular weight is 298 g/mol. The maximum Gasteiger partial charge on any atom is 0.310 e. The maximum atomic E-state index is 12.4. The minimum absolute atomic E-state index is 0.309. The van der Waals surface area contributed by atoms with E-state index in [0.29, 0.717) is 10.3 Å². The van der Waals surface area contributed by atoms with E-state index in [-0.39, 0.29) is 5.03 Å². The van der Waals surface area contributed by atoms with Crippen LogP contribution in [0.3, 0.4) is 0 Å². The SMILES string of the molecule is Cc1ccccc1C(Cl)S(=O)(=O)c1cccc[n+]1[O-]. The number of aryl methyl sites for hydroxylation is 1. The fourth-order valence-electron chi connectivity index (χ4n) is 1.75. The van der Waals surface area contributed by atoms with Crippen molar-refractivity contribution in [3.05, 3.63) is 65.0 Å². The van der Waals surface area contributed by atoms with E-state index in [1.54, 1.807) is 31.2 Å². The third-order valence-corrected chi connectivity index (χ3v) is 5.42. The van der Waals surface area contributed by atoms with E-state index in [4.69, 9.17) is 11.6 Å². The van der Waals surface area contributed by atoms with E-state index in [1.807, 2.05) is 0 Å². The summed E-state index contributed by atoms with van der Waals surface area (Å²) in [6, 6.07) is 11.1. The molecule has 4 nitrogen and oxygen atoms in total.